The van der Waals surface area contributed by atoms with E-state index in [2.05, 4.69) is 10.6 Å². The van der Waals surface area contributed by atoms with E-state index < -0.39 is 0 Å². The SMILES string of the molecule is COc1ccc(Cl)cc1C(=O)N1CCC(C(=O)NCc2cccc(NC(=O)CC(C)C)c2)CC1. The van der Waals surface area contributed by atoms with Gasteiger partial charge in [0, 0.05) is 42.7 Å². The number of nitrogens with one attached hydrogen (secondary N) is 2. The lowest BCUT2D eigenvalue weighted by Gasteiger charge is -2.31. The molecule has 3 amide bonds. The fourth-order valence-electron chi connectivity index (χ4n) is 4.04. The summed E-state index contributed by atoms with van der Waals surface area (Å²) in [7, 11) is 1.52. The molecule has 182 valence electrons. The van der Waals surface area contributed by atoms with Gasteiger partial charge in [0.1, 0.15) is 5.75 Å². The summed E-state index contributed by atoms with van der Waals surface area (Å²) >= 11 is 6.06. The average molecular weight is 486 g/mol. The highest BCUT2D eigenvalue weighted by molar-refractivity contribution is 6.31. The Morgan fingerprint density at radius 1 is 1.12 bits per heavy atom. The molecule has 2 aromatic carbocycles. The molecular weight excluding hydrogens is 454 g/mol. The van der Waals surface area contributed by atoms with Crippen molar-refractivity contribution in [2.75, 3.05) is 25.5 Å². The van der Waals surface area contributed by atoms with Crippen LogP contribution in [0.1, 0.15) is 49.0 Å². The average Bonchev–Trinajstić information content (AvgIpc) is 2.82. The molecule has 0 saturated carbocycles. The molecular formula is C26H32ClN3O4. The Kier molecular flexibility index (Phi) is 8.93. The Morgan fingerprint density at radius 2 is 1.85 bits per heavy atom. The van der Waals surface area contributed by atoms with E-state index in [-0.39, 0.29) is 29.6 Å². The number of methoxy groups -OCH3 is 1. The van der Waals surface area contributed by atoms with Crippen molar-refractivity contribution in [3.63, 3.8) is 0 Å². The van der Waals surface area contributed by atoms with Gasteiger partial charge >= 0.3 is 0 Å². The second kappa shape index (κ2) is 11.9. The van der Waals surface area contributed by atoms with Crippen LogP contribution in [0.2, 0.25) is 5.02 Å². The van der Waals surface area contributed by atoms with Crippen molar-refractivity contribution < 1.29 is 19.1 Å². The molecule has 1 aliphatic heterocycles. The van der Waals surface area contributed by atoms with Crippen molar-refractivity contribution in [3.8, 4) is 5.75 Å². The first-order chi connectivity index (χ1) is 16.3. The number of rotatable bonds is 8. The van der Waals surface area contributed by atoms with Crippen LogP contribution in [0.3, 0.4) is 0 Å². The van der Waals surface area contributed by atoms with Gasteiger partial charge in [-0.3, -0.25) is 14.4 Å². The standard InChI is InChI=1S/C26H32ClN3O4/c1-17(2)13-24(31)29-21-6-4-5-18(14-21)16-28-25(32)19-9-11-30(12-10-19)26(33)22-15-20(27)7-8-23(22)34-3/h4-8,14-15,17,19H,9-13,16H2,1-3H3,(H,28,32)(H,29,31). The second-order valence-corrected chi connectivity index (χ2v) is 9.41. The van der Waals surface area contributed by atoms with E-state index in [0.717, 1.165) is 11.3 Å². The van der Waals surface area contributed by atoms with Gasteiger partial charge in [-0.05, 0) is 54.7 Å². The van der Waals surface area contributed by atoms with Gasteiger partial charge in [0.05, 0.1) is 12.7 Å². The minimum atomic E-state index is -0.153. The molecule has 0 spiro atoms. The molecule has 0 radical (unpaired) electrons. The van der Waals surface area contributed by atoms with Gasteiger partial charge in [0.25, 0.3) is 5.91 Å². The van der Waals surface area contributed by atoms with Gasteiger partial charge in [-0.2, -0.15) is 0 Å². The summed E-state index contributed by atoms with van der Waals surface area (Å²) in [6.45, 7) is 5.36. The monoisotopic (exact) mass is 485 g/mol. The Bertz CT molecular complexity index is 1030. The summed E-state index contributed by atoms with van der Waals surface area (Å²) < 4.78 is 5.30. The molecule has 0 unspecified atom stereocenters. The van der Waals surface area contributed by atoms with Crippen molar-refractivity contribution in [1.82, 2.24) is 10.2 Å². The quantitative estimate of drug-likeness (QED) is 0.576. The molecule has 1 aliphatic rings. The van der Waals surface area contributed by atoms with E-state index in [4.69, 9.17) is 16.3 Å². The minimum Gasteiger partial charge on any atom is -0.496 e. The first-order valence-electron chi connectivity index (χ1n) is 11.6. The molecule has 34 heavy (non-hydrogen) atoms. The highest BCUT2D eigenvalue weighted by atomic mass is 35.5. The Labute approximate surface area is 205 Å². The summed E-state index contributed by atoms with van der Waals surface area (Å²) in [5.74, 6) is 0.428. The number of piperidine rings is 1. The minimum absolute atomic E-state index is 0.0205. The lowest BCUT2D eigenvalue weighted by Crippen LogP contribution is -2.43. The summed E-state index contributed by atoms with van der Waals surface area (Å²) in [5, 5.41) is 6.36. The number of nitrogens with zero attached hydrogens (tertiary/aromatic N) is 1. The van der Waals surface area contributed by atoms with E-state index in [1.54, 1.807) is 23.1 Å². The summed E-state index contributed by atoms with van der Waals surface area (Å²) in [4.78, 5) is 39.4. The molecule has 0 atom stereocenters. The number of anilines is 1. The molecule has 3 rings (SSSR count). The Hall–Kier alpha value is -3.06. The maximum Gasteiger partial charge on any atom is 0.257 e. The molecule has 0 bridgehead atoms. The third-order valence-electron chi connectivity index (χ3n) is 5.82. The molecule has 8 heteroatoms. The number of carbonyl (C=O) groups is 3. The van der Waals surface area contributed by atoms with Crippen LogP contribution in [-0.4, -0.2) is 42.8 Å². The zero-order chi connectivity index (χ0) is 24.7. The van der Waals surface area contributed by atoms with Gasteiger partial charge in [-0.15, -0.1) is 0 Å². The normalized spacial score (nSPS) is 14.1. The molecule has 7 nitrogen and oxygen atoms in total. The summed E-state index contributed by atoms with van der Waals surface area (Å²) in [6.07, 6.45) is 1.64. The van der Waals surface area contributed by atoms with Gasteiger partial charge in [0.15, 0.2) is 0 Å². The molecule has 1 heterocycles. The third-order valence-corrected chi connectivity index (χ3v) is 6.05. The topological polar surface area (TPSA) is 87.7 Å². The first-order valence-corrected chi connectivity index (χ1v) is 11.9. The Morgan fingerprint density at radius 3 is 2.53 bits per heavy atom. The first kappa shape index (κ1) is 25.6. The number of amides is 3. The van der Waals surface area contributed by atoms with Gasteiger partial charge in [-0.1, -0.05) is 37.6 Å². The van der Waals surface area contributed by atoms with Crippen LogP contribution >= 0.6 is 11.6 Å². The van der Waals surface area contributed by atoms with Crippen molar-refractivity contribution in [3.05, 3.63) is 58.6 Å². The van der Waals surface area contributed by atoms with Crippen LogP contribution in [0.4, 0.5) is 5.69 Å². The van der Waals surface area contributed by atoms with E-state index in [9.17, 15) is 14.4 Å². The van der Waals surface area contributed by atoms with Crippen LogP contribution in [0.5, 0.6) is 5.75 Å². The number of hydrogen-bond donors (Lipinski definition) is 2. The maximum absolute atomic E-state index is 12.9. The molecule has 2 aromatic rings. The fourth-order valence-corrected chi connectivity index (χ4v) is 4.21. The van der Waals surface area contributed by atoms with Crippen molar-refractivity contribution in [1.29, 1.82) is 0 Å². The zero-order valence-corrected chi connectivity index (χ0v) is 20.7. The second-order valence-electron chi connectivity index (χ2n) is 8.98. The maximum atomic E-state index is 12.9. The summed E-state index contributed by atoms with van der Waals surface area (Å²) in [6, 6.07) is 12.5. The van der Waals surface area contributed by atoms with Crippen LogP contribution in [0, 0.1) is 11.8 Å². The number of ether oxygens (including phenoxy) is 1. The molecule has 1 saturated heterocycles. The number of likely N-dealkylation sites (tertiary alicyclic amines) is 1. The highest BCUT2D eigenvalue weighted by Crippen LogP contribution is 2.26. The molecule has 0 aromatic heterocycles. The van der Waals surface area contributed by atoms with Crippen molar-refractivity contribution >= 4 is 35.0 Å². The van der Waals surface area contributed by atoms with Gasteiger partial charge in [0.2, 0.25) is 11.8 Å². The zero-order valence-electron chi connectivity index (χ0n) is 19.9. The number of carbonyl (C=O) groups excluding carboxylic acids is 3. The van der Waals surface area contributed by atoms with Crippen LogP contribution in [-0.2, 0) is 16.1 Å². The predicted molar refractivity (Wildman–Crippen MR) is 133 cm³/mol. The number of hydrogen-bond acceptors (Lipinski definition) is 4. The van der Waals surface area contributed by atoms with Crippen LogP contribution in [0.25, 0.3) is 0 Å². The fraction of sp³-hybridized carbons (Fsp3) is 0.423. The van der Waals surface area contributed by atoms with E-state index >= 15 is 0 Å². The Balaban J connectivity index is 1.50. The lowest BCUT2D eigenvalue weighted by atomic mass is 9.95. The summed E-state index contributed by atoms with van der Waals surface area (Å²) in [5.41, 5.74) is 2.07. The third kappa shape index (κ3) is 6.97. The van der Waals surface area contributed by atoms with Crippen LogP contribution < -0.4 is 15.4 Å². The van der Waals surface area contributed by atoms with Crippen LogP contribution in [0.15, 0.2) is 42.5 Å². The highest BCUT2D eigenvalue weighted by Gasteiger charge is 2.29. The molecule has 2 N–H and O–H groups in total. The molecule has 0 aliphatic carbocycles. The lowest BCUT2D eigenvalue weighted by molar-refractivity contribution is -0.126. The molecule has 1 fully saturated rings. The predicted octanol–water partition coefficient (Wildman–Crippen LogP) is 4.50. The van der Waals surface area contributed by atoms with Gasteiger partial charge in [-0.25, -0.2) is 0 Å². The van der Waals surface area contributed by atoms with E-state index in [1.807, 2.05) is 38.1 Å². The van der Waals surface area contributed by atoms with Crippen molar-refractivity contribution in [2.24, 2.45) is 11.8 Å². The number of halogens is 1. The van der Waals surface area contributed by atoms with E-state index in [1.165, 1.54) is 7.11 Å². The van der Waals surface area contributed by atoms with Gasteiger partial charge < -0.3 is 20.3 Å². The van der Waals surface area contributed by atoms with Crippen molar-refractivity contribution in [2.45, 2.75) is 39.7 Å². The largest absolute Gasteiger partial charge is 0.496 e. The van der Waals surface area contributed by atoms with E-state index in [0.29, 0.717) is 55.2 Å². The number of benzene rings is 2. The smallest absolute Gasteiger partial charge is 0.257 e.